The molecule has 2 fully saturated rings. The Hall–Kier alpha value is -1.56. The first-order valence-electron chi connectivity index (χ1n) is 11.5. The Balaban J connectivity index is 1.41. The average Bonchev–Trinajstić information content (AvgIpc) is 2.67. The van der Waals surface area contributed by atoms with Crippen molar-refractivity contribution < 1.29 is 9.84 Å². The molecule has 0 aromatic heterocycles. The van der Waals surface area contributed by atoms with Crippen LogP contribution in [-0.4, -0.2) is 31.3 Å². The molecule has 4 rings (SSSR count). The Morgan fingerprint density at radius 3 is 2.29 bits per heavy atom. The molecular formula is C26H35BrN2O2. The molecule has 5 heteroatoms. The molecule has 2 aliphatic heterocycles. The van der Waals surface area contributed by atoms with Gasteiger partial charge in [-0.2, -0.15) is 0 Å². The monoisotopic (exact) mass is 486 g/mol. The van der Waals surface area contributed by atoms with Crippen molar-refractivity contribution in [3.63, 3.8) is 0 Å². The van der Waals surface area contributed by atoms with Crippen molar-refractivity contribution in [1.29, 1.82) is 0 Å². The zero-order chi connectivity index (χ0) is 22.2. The summed E-state index contributed by atoms with van der Waals surface area (Å²) in [5.74, 6) is 3.35. The highest BCUT2D eigenvalue weighted by atomic mass is 79.9. The van der Waals surface area contributed by atoms with Gasteiger partial charge in [-0.15, -0.1) is 0 Å². The lowest BCUT2D eigenvalue weighted by Gasteiger charge is -2.44. The fourth-order valence-electron chi connectivity index (χ4n) is 5.06. The van der Waals surface area contributed by atoms with Crippen molar-refractivity contribution >= 4 is 21.6 Å². The van der Waals surface area contributed by atoms with Crippen LogP contribution in [0.5, 0.6) is 11.5 Å². The summed E-state index contributed by atoms with van der Waals surface area (Å²) in [5.41, 5.74) is 3.87. The Morgan fingerprint density at radius 1 is 1.06 bits per heavy atom. The summed E-state index contributed by atoms with van der Waals surface area (Å²) in [6.45, 7) is 12.7. The van der Waals surface area contributed by atoms with Gasteiger partial charge in [0.1, 0.15) is 11.5 Å². The van der Waals surface area contributed by atoms with Crippen LogP contribution in [0, 0.1) is 25.7 Å². The van der Waals surface area contributed by atoms with E-state index in [0.29, 0.717) is 0 Å². The molecule has 0 aliphatic carbocycles. The number of aliphatic hydroxyl groups is 1. The maximum absolute atomic E-state index is 10.2. The summed E-state index contributed by atoms with van der Waals surface area (Å²) in [6.07, 6.45) is 4.06. The third-order valence-corrected chi connectivity index (χ3v) is 7.35. The fraction of sp³-hybridized carbons (Fsp3) is 0.538. The molecule has 2 aromatic rings. The number of ether oxygens (including phenoxy) is 1. The number of benzene rings is 2. The number of rotatable bonds is 6. The number of halogens is 1. The molecule has 168 valence electrons. The van der Waals surface area contributed by atoms with Crippen molar-refractivity contribution in [1.82, 2.24) is 5.32 Å². The lowest BCUT2D eigenvalue weighted by atomic mass is 9.83. The molecule has 0 unspecified atom stereocenters. The number of hydrogen-bond donors (Lipinski definition) is 2. The van der Waals surface area contributed by atoms with E-state index in [1.807, 2.05) is 18.2 Å². The second-order valence-electron chi connectivity index (χ2n) is 9.91. The van der Waals surface area contributed by atoms with Crippen molar-refractivity contribution in [2.24, 2.45) is 11.8 Å². The van der Waals surface area contributed by atoms with Crippen LogP contribution in [0.1, 0.15) is 49.8 Å². The van der Waals surface area contributed by atoms with Crippen molar-refractivity contribution in [3.8, 4) is 11.5 Å². The van der Waals surface area contributed by atoms with Gasteiger partial charge in [0.15, 0.2) is 0 Å². The van der Waals surface area contributed by atoms with Gasteiger partial charge >= 0.3 is 0 Å². The highest BCUT2D eigenvalue weighted by molar-refractivity contribution is 9.10. The molecule has 0 atom stereocenters. The molecule has 2 saturated heterocycles. The summed E-state index contributed by atoms with van der Waals surface area (Å²) in [5, 5.41) is 13.7. The Morgan fingerprint density at radius 2 is 1.71 bits per heavy atom. The molecule has 2 heterocycles. The van der Waals surface area contributed by atoms with Crippen LogP contribution in [-0.2, 0) is 5.60 Å². The smallest absolute Gasteiger partial charge is 0.141 e. The summed E-state index contributed by atoms with van der Waals surface area (Å²) < 4.78 is 7.04. The summed E-state index contributed by atoms with van der Waals surface area (Å²) in [7, 11) is 0. The van der Waals surface area contributed by atoms with Crippen molar-refractivity contribution in [2.75, 3.05) is 31.1 Å². The van der Waals surface area contributed by atoms with E-state index in [2.05, 4.69) is 52.1 Å². The lowest BCUT2D eigenvalue weighted by molar-refractivity contribution is 0.0785. The van der Waals surface area contributed by atoms with Crippen LogP contribution in [0.25, 0.3) is 0 Å². The maximum atomic E-state index is 10.2. The van der Waals surface area contributed by atoms with Crippen LogP contribution in [0.2, 0.25) is 0 Å². The first kappa shape index (κ1) is 22.6. The topological polar surface area (TPSA) is 44.7 Å². The number of nitrogens with zero attached hydrogens (tertiary/aromatic N) is 1. The second-order valence-corrected chi connectivity index (χ2v) is 10.8. The maximum Gasteiger partial charge on any atom is 0.141 e. The molecular weight excluding hydrogens is 452 g/mol. The van der Waals surface area contributed by atoms with Gasteiger partial charge in [-0.25, -0.2) is 0 Å². The molecule has 0 saturated carbocycles. The minimum atomic E-state index is -0.876. The van der Waals surface area contributed by atoms with Crippen LogP contribution in [0.15, 0.2) is 34.8 Å². The molecule has 0 spiro atoms. The van der Waals surface area contributed by atoms with Crippen LogP contribution in [0.4, 0.5) is 5.69 Å². The number of hydrogen-bond acceptors (Lipinski definition) is 4. The Kier molecular flexibility index (Phi) is 6.66. The SMILES string of the molecule is Cc1cc(Oc2ccc(C(C)(C)O)cc2Br)cc(C)c1N1CC(CC2CCNCC2)C1. The number of aryl methyl sites for hydroxylation is 2. The number of piperidine rings is 1. The quantitative estimate of drug-likeness (QED) is 0.532. The second kappa shape index (κ2) is 9.13. The molecule has 31 heavy (non-hydrogen) atoms. The van der Waals surface area contributed by atoms with Gasteiger partial charge in [0.2, 0.25) is 0 Å². The van der Waals surface area contributed by atoms with Crippen LogP contribution in [0.3, 0.4) is 0 Å². The Labute approximate surface area is 195 Å². The largest absolute Gasteiger partial charge is 0.456 e. The average molecular weight is 487 g/mol. The van der Waals surface area contributed by atoms with Crippen molar-refractivity contribution in [2.45, 2.75) is 52.6 Å². The Bertz CT molecular complexity index is 902. The minimum Gasteiger partial charge on any atom is -0.456 e. The fourth-order valence-corrected chi connectivity index (χ4v) is 5.52. The van der Waals surface area contributed by atoms with Gasteiger partial charge in [0.25, 0.3) is 0 Å². The molecule has 2 aromatic carbocycles. The van der Waals surface area contributed by atoms with Gasteiger partial charge in [-0.3, -0.25) is 0 Å². The lowest BCUT2D eigenvalue weighted by Crippen LogP contribution is -2.48. The van der Waals surface area contributed by atoms with E-state index < -0.39 is 5.60 Å². The normalized spacial score (nSPS) is 18.2. The van der Waals surface area contributed by atoms with Gasteiger partial charge < -0.3 is 20.1 Å². The molecule has 2 N–H and O–H groups in total. The van der Waals surface area contributed by atoms with Crippen molar-refractivity contribution in [3.05, 3.63) is 51.5 Å². The van der Waals surface area contributed by atoms with Gasteiger partial charge in [-0.05, 0) is 129 Å². The van der Waals surface area contributed by atoms with Crippen LogP contribution < -0.4 is 15.0 Å². The molecule has 4 nitrogen and oxygen atoms in total. The standard InChI is InChI=1S/C26H35BrN2O2/c1-17-11-22(31-24-6-5-21(14-23(24)27)26(3,4)30)12-18(2)25(17)29-15-20(16-29)13-19-7-9-28-10-8-19/h5-6,11-12,14,19-20,28,30H,7-10,13,15-16H2,1-4H3. The van der Waals surface area contributed by atoms with Gasteiger partial charge in [0, 0.05) is 18.8 Å². The van der Waals surface area contributed by atoms with E-state index in [9.17, 15) is 5.11 Å². The molecule has 2 aliphatic rings. The highest BCUT2D eigenvalue weighted by Gasteiger charge is 2.31. The summed E-state index contributed by atoms with van der Waals surface area (Å²) in [4.78, 5) is 2.54. The third-order valence-electron chi connectivity index (χ3n) is 6.73. The first-order chi connectivity index (χ1) is 14.7. The van der Waals surface area contributed by atoms with E-state index in [4.69, 9.17) is 4.74 Å². The third kappa shape index (κ3) is 5.27. The molecule has 0 bridgehead atoms. The molecule has 0 amide bonds. The molecule has 0 radical (unpaired) electrons. The first-order valence-corrected chi connectivity index (χ1v) is 12.3. The predicted octanol–water partition coefficient (Wildman–Crippen LogP) is 5.91. The van der Waals surface area contributed by atoms with E-state index in [1.54, 1.807) is 13.8 Å². The zero-order valence-electron chi connectivity index (χ0n) is 19.2. The minimum absolute atomic E-state index is 0.755. The van der Waals surface area contributed by atoms with Crippen LogP contribution >= 0.6 is 15.9 Å². The number of anilines is 1. The van der Waals surface area contributed by atoms with Gasteiger partial charge in [0.05, 0.1) is 10.1 Å². The van der Waals surface area contributed by atoms with E-state index >= 15 is 0 Å². The van der Waals surface area contributed by atoms with E-state index in [0.717, 1.165) is 33.4 Å². The highest BCUT2D eigenvalue weighted by Crippen LogP contribution is 2.39. The van der Waals surface area contributed by atoms with E-state index in [1.165, 1.54) is 62.3 Å². The predicted molar refractivity (Wildman–Crippen MR) is 131 cm³/mol. The van der Waals surface area contributed by atoms with E-state index in [-0.39, 0.29) is 0 Å². The van der Waals surface area contributed by atoms with Gasteiger partial charge in [-0.1, -0.05) is 6.07 Å². The summed E-state index contributed by atoms with van der Waals surface area (Å²) in [6, 6.07) is 10.0. The summed E-state index contributed by atoms with van der Waals surface area (Å²) >= 11 is 3.59. The zero-order valence-corrected chi connectivity index (χ0v) is 20.8. The number of nitrogens with one attached hydrogen (secondary N) is 1.